The van der Waals surface area contributed by atoms with Crippen LogP contribution in [0.15, 0.2) is 0 Å². The third-order valence-corrected chi connectivity index (χ3v) is 3.54. The summed E-state index contributed by atoms with van der Waals surface area (Å²) in [6.45, 7) is 8.34. The fourth-order valence-corrected chi connectivity index (χ4v) is 2.21. The molecule has 0 atom stereocenters. The Morgan fingerprint density at radius 3 is 2.56 bits per heavy atom. The molecule has 0 radical (unpaired) electrons. The molecule has 1 saturated heterocycles. The van der Waals surface area contributed by atoms with Gasteiger partial charge in [0.1, 0.15) is 0 Å². The molecule has 0 aromatic carbocycles. The normalized spacial score (nSPS) is 19.5. The van der Waals surface area contributed by atoms with E-state index in [-0.39, 0.29) is 0 Å². The molecule has 0 bridgehead atoms. The van der Waals surface area contributed by atoms with E-state index in [1.165, 1.54) is 51.9 Å². The monoisotopic (exact) mass is 227 g/mol. The maximum absolute atomic E-state index is 3.68. The summed E-state index contributed by atoms with van der Waals surface area (Å²) in [5.41, 5.74) is 0. The van der Waals surface area contributed by atoms with Crippen molar-refractivity contribution in [3.8, 4) is 0 Å². The smallest absolute Gasteiger partial charge is 0.0104 e. The number of likely N-dealkylation sites (tertiary alicyclic amines) is 1. The molecule has 0 aromatic rings. The molecule has 3 heteroatoms. The van der Waals surface area contributed by atoms with Gasteiger partial charge in [0.2, 0.25) is 0 Å². The van der Waals surface area contributed by atoms with E-state index in [9.17, 15) is 0 Å². The van der Waals surface area contributed by atoms with Crippen LogP contribution in [0.4, 0.5) is 0 Å². The number of rotatable bonds is 7. The fraction of sp³-hybridized carbons (Fsp3) is 1.00. The van der Waals surface area contributed by atoms with Crippen molar-refractivity contribution in [2.45, 2.75) is 38.6 Å². The van der Waals surface area contributed by atoms with Gasteiger partial charge < -0.3 is 15.1 Å². The Hall–Kier alpha value is -0.120. The van der Waals surface area contributed by atoms with Crippen molar-refractivity contribution in [1.82, 2.24) is 15.1 Å². The predicted molar refractivity (Wildman–Crippen MR) is 70.9 cm³/mol. The summed E-state index contributed by atoms with van der Waals surface area (Å²) in [5.74, 6) is 0. The molecule has 0 aromatic heterocycles. The van der Waals surface area contributed by atoms with Crippen LogP contribution < -0.4 is 5.32 Å². The predicted octanol–water partition coefficient (Wildman–Crippen LogP) is 1.40. The van der Waals surface area contributed by atoms with Gasteiger partial charge in [-0.2, -0.15) is 0 Å². The maximum Gasteiger partial charge on any atom is 0.0104 e. The van der Waals surface area contributed by atoms with Crippen LogP contribution in [-0.2, 0) is 0 Å². The molecule has 1 heterocycles. The van der Waals surface area contributed by atoms with Crippen LogP contribution in [-0.4, -0.2) is 62.7 Å². The highest BCUT2D eigenvalue weighted by Gasteiger charge is 2.15. The number of nitrogens with zero attached hydrogens (tertiary/aromatic N) is 2. The van der Waals surface area contributed by atoms with Gasteiger partial charge in [-0.3, -0.25) is 0 Å². The Kier molecular flexibility index (Phi) is 7.01. The zero-order chi connectivity index (χ0) is 11.8. The van der Waals surface area contributed by atoms with Gasteiger partial charge >= 0.3 is 0 Å². The molecule has 16 heavy (non-hydrogen) atoms. The first kappa shape index (κ1) is 13.9. The lowest BCUT2D eigenvalue weighted by molar-refractivity contribution is 0.228. The van der Waals surface area contributed by atoms with Gasteiger partial charge in [-0.25, -0.2) is 0 Å². The quantitative estimate of drug-likeness (QED) is 0.709. The molecule has 1 fully saturated rings. The zero-order valence-electron chi connectivity index (χ0n) is 11.3. The van der Waals surface area contributed by atoms with E-state index in [1.54, 1.807) is 0 Å². The molecule has 3 nitrogen and oxygen atoms in total. The number of hydrogen-bond acceptors (Lipinski definition) is 3. The van der Waals surface area contributed by atoms with Crippen molar-refractivity contribution in [3.05, 3.63) is 0 Å². The molecule has 0 aliphatic carbocycles. The minimum absolute atomic E-state index is 0.760. The van der Waals surface area contributed by atoms with Gasteiger partial charge in [-0.15, -0.1) is 0 Å². The number of nitrogens with one attached hydrogen (secondary N) is 1. The van der Waals surface area contributed by atoms with Crippen molar-refractivity contribution >= 4 is 0 Å². The summed E-state index contributed by atoms with van der Waals surface area (Å²) in [4.78, 5) is 4.86. The molecule has 96 valence electrons. The largest absolute Gasteiger partial charge is 0.313 e. The van der Waals surface area contributed by atoms with E-state index in [1.807, 2.05) is 0 Å². The Morgan fingerprint density at radius 1 is 1.25 bits per heavy atom. The first-order valence-electron chi connectivity index (χ1n) is 6.83. The molecule has 1 aliphatic rings. The van der Waals surface area contributed by atoms with E-state index in [4.69, 9.17) is 0 Å². The molecule has 1 N–H and O–H groups in total. The maximum atomic E-state index is 3.68. The highest BCUT2D eigenvalue weighted by atomic mass is 15.1. The summed E-state index contributed by atoms with van der Waals surface area (Å²) in [6, 6.07) is 0.760. The first-order chi connectivity index (χ1) is 7.72. The van der Waals surface area contributed by atoms with Gasteiger partial charge in [0.05, 0.1) is 0 Å². The molecule has 0 saturated carbocycles. The second-order valence-electron chi connectivity index (χ2n) is 5.19. The second-order valence-corrected chi connectivity index (χ2v) is 5.19. The van der Waals surface area contributed by atoms with Gasteiger partial charge in [-0.1, -0.05) is 13.3 Å². The molecular formula is C13H29N3. The highest BCUT2D eigenvalue weighted by Crippen LogP contribution is 2.07. The number of hydrogen-bond donors (Lipinski definition) is 1. The Morgan fingerprint density at radius 2 is 1.94 bits per heavy atom. The van der Waals surface area contributed by atoms with E-state index >= 15 is 0 Å². The lowest BCUT2D eigenvalue weighted by atomic mass is 10.1. The molecule has 1 rings (SSSR count). The summed E-state index contributed by atoms with van der Waals surface area (Å²) in [5, 5.41) is 3.68. The van der Waals surface area contributed by atoms with E-state index in [0.29, 0.717) is 0 Å². The second kappa shape index (κ2) is 8.04. The van der Waals surface area contributed by atoms with Crippen LogP contribution in [0.5, 0.6) is 0 Å². The van der Waals surface area contributed by atoms with E-state index < -0.39 is 0 Å². The molecule has 1 aliphatic heterocycles. The molecule has 0 unspecified atom stereocenters. The Balaban J connectivity index is 1.98. The molecular weight excluding hydrogens is 198 g/mol. The van der Waals surface area contributed by atoms with Crippen molar-refractivity contribution in [3.63, 3.8) is 0 Å². The van der Waals surface area contributed by atoms with Crippen LogP contribution in [0.3, 0.4) is 0 Å². The number of piperidine rings is 1. The van der Waals surface area contributed by atoms with Crippen molar-refractivity contribution in [1.29, 1.82) is 0 Å². The average Bonchev–Trinajstić information content (AvgIpc) is 2.29. The van der Waals surface area contributed by atoms with Gasteiger partial charge in [0.15, 0.2) is 0 Å². The third kappa shape index (κ3) is 5.83. The van der Waals surface area contributed by atoms with Crippen LogP contribution in [0.2, 0.25) is 0 Å². The van der Waals surface area contributed by atoms with Crippen molar-refractivity contribution in [2.75, 3.05) is 46.8 Å². The standard InChI is InChI=1S/C13H29N3/c1-4-5-9-15(2)12-8-14-13-6-10-16(3)11-7-13/h13-14H,4-12H2,1-3H3. The third-order valence-electron chi connectivity index (χ3n) is 3.54. The first-order valence-corrected chi connectivity index (χ1v) is 6.83. The molecule has 0 amide bonds. The fourth-order valence-electron chi connectivity index (χ4n) is 2.21. The minimum Gasteiger partial charge on any atom is -0.313 e. The summed E-state index contributed by atoms with van der Waals surface area (Å²) >= 11 is 0. The summed E-state index contributed by atoms with van der Waals surface area (Å²) < 4.78 is 0. The lowest BCUT2D eigenvalue weighted by Gasteiger charge is -2.30. The van der Waals surface area contributed by atoms with E-state index in [0.717, 1.165) is 12.6 Å². The van der Waals surface area contributed by atoms with Gasteiger partial charge in [-0.05, 0) is 53.0 Å². The van der Waals surface area contributed by atoms with Crippen LogP contribution in [0, 0.1) is 0 Å². The van der Waals surface area contributed by atoms with Crippen LogP contribution >= 0.6 is 0 Å². The van der Waals surface area contributed by atoms with Gasteiger partial charge in [0.25, 0.3) is 0 Å². The van der Waals surface area contributed by atoms with E-state index in [2.05, 4.69) is 36.1 Å². The number of unbranched alkanes of at least 4 members (excludes halogenated alkanes) is 1. The Labute approximate surface area is 101 Å². The summed E-state index contributed by atoms with van der Waals surface area (Å²) in [7, 11) is 4.45. The minimum atomic E-state index is 0.760. The van der Waals surface area contributed by atoms with Crippen LogP contribution in [0.1, 0.15) is 32.6 Å². The lowest BCUT2D eigenvalue weighted by Crippen LogP contribution is -2.43. The van der Waals surface area contributed by atoms with Crippen LogP contribution in [0.25, 0.3) is 0 Å². The highest BCUT2D eigenvalue weighted by molar-refractivity contribution is 4.75. The topological polar surface area (TPSA) is 18.5 Å². The Bertz CT molecular complexity index is 165. The average molecular weight is 227 g/mol. The van der Waals surface area contributed by atoms with Crippen molar-refractivity contribution in [2.24, 2.45) is 0 Å². The summed E-state index contributed by atoms with van der Waals surface area (Å²) in [6.07, 6.45) is 5.25. The SMILES string of the molecule is CCCCN(C)CCNC1CCN(C)CC1. The molecule has 0 spiro atoms. The van der Waals surface area contributed by atoms with Crippen molar-refractivity contribution < 1.29 is 0 Å². The van der Waals surface area contributed by atoms with Gasteiger partial charge in [0, 0.05) is 19.1 Å². The zero-order valence-corrected chi connectivity index (χ0v) is 11.3. The number of likely N-dealkylation sites (N-methyl/N-ethyl adjacent to an activating group) is 1.